The van der Waals surface area contributed by atoms with Gasteiger partial charge in [-0.15, -0.1) is 0 Å². The topological polar surface area (TPSA) is 58.4 Å². The third-order valence-electron chi connectivity index (χ3n) is 4.14. The Labute approximate surface area is 131 Å². The smallest absolute Gasteiger partial charge is 0.238 e. The van der Waals surface area contributed by atoms with E-state index in [4.69, 9.17) is 17.3 Å². The highest BCUT2D eigenvalue weighted by Crippen LogP contribution is 2.33. The molecule has 0 aliphatic carbocycles. The summed E-state index contributed by atoms with van der Waals surface area (Å²) in [5.74, 6) is 0.641. The summed E-state index contributed by atoms with van der Waals surface area (Å²) in [5, 5.41) is 3.37. The molecule has 1 amide bonds. The lowest BCUT2D eigenvalue weighted by molar-refractivity contribution is -0.117. The van der Waals surface area contributed by atoms with Gasteiger partial charge in [-0.05, 0) is 42.5 Å². The standard InChI is InChI=1S/C16H24ClN3O/c1-16(2,3)11-6-7-20(9-11)10-15(21)19-12-4-5-13(17)14(18)8-12/h4-5,8,11H,6-7,9-10,18H2,1-3H3,(H,19,21). The van der Waals surface area contributed by atoms with Crippen molar-refractivity contribution in [3.63, 3.8) is 0 Å². The third-order valence-corrected chi connectivity index (χ3v) is 4.49. The van der Waals surface area contributed by atoms with Crippen LogP contribution in [0.15, 0.2) is 18.2 Å². The quantitative estimate of drug-likeness (QED) is 0.843. The molecule has 116 valence electrons. The van der Waals surface area contributed by atoms with Crippen LogP contribution in [0.5, 0.6) is 0 Å². The average molecular weight is 310 g/mol. The molecule has 1 fully saturated rings. The highest BCUT2D eigenvalue weighted by molar-refractivity contribution is 6.33. The minimum absolute atomic E-state index is 0.00807. The molecule has 2 rings (SSSR count). The van der Waals surface area contributed by atoms with Crippen LogP contribution < -0.4 is 11.1 Å². The Balaban J connectivity index is 1.87. The Kier molecular flexibility index (Phi) is 4.79. The van der Waals surface area contributed by atoms with Gasteiger partial charge in [-0.3, -0.25) is 9.69 Å². The molecule has 1 atom stereocenters. The number of benzene rings is 1. The fourth-order valence-corrected chi connectivity index (χ4v) is 2.83. The van der Waals surface area contributed by atoms with Gasteiger partial charge in [-0.25, -0.2) is 0 Å². The Morgan fingerprint density at radius 2 is 2.19 bits per heavy atom. The molecule has 1 heterocycles. The average Bonchev–Trinajstić information content (AvgIpc) is 2.82. The number of halogens is 1. The molecular weight excluding hydrogens is 286 g/mol. The first-order valence-corrected chi connectivity index (χ1v) is 7.71. The maximum atomic E-state index is 12.1. The van der Waals surface area contributed by atoms with Crippen LogP contribution >= 0.6 is 11.6 Å². The van der Waals surface area contributed by atoms with Crippen LogP contribution in [0.1, 0.15) is 27.2 Å². The van der Waals surface area contributed by atoms with E-state index in [1.807, 2.05) is 0 Å². The number of nitrogen functional groups attached to an aromatic ring is 1. The van der Waals surface area contributed by atoms with Crippen LogP contribution in [-0.4, -0.2) is 30.4 Å². The molecule has 0 radical (unpaired) electrons. The predicted octanol–water partition coefficient (Wildman–Crippen LogP) is 3.23. The lowest BCUT2D eigenvalue weighted by Gasteiger charge is -2.27. The van der Waals surface area contributed by atoms with E-state index in [-0.39, 0.29) is 5.91 Å². The number of hydrogen-bond donors (Lipinski definition) is 2. The molecule has 21 heavy (non-hydrogen) atoms. The number of nitrogens with two attached hydrogens (primary N) is 1. The zero-order chi connectivity index (χ0) is 15.6. The molecule has 1 unspecified atom stereocenters. The fraction of sp³-hybridized carbons (Fsp3) is 0.562. The summed E-state index contributed by atoms with van der Waals surface area (Å²) < 4.78 is 0. The summed E-state index contributed by atoms with van der Waals surface area (Å²) >= 11 is 5.87. The number of likely N-dealkylation sites (tertiary alicyclic amines) is 1. The van der Waals surface area contributed by atoms with E-state index in [9.17, 15) is 4.79 Å². The number of nitrogens with one attached hydrogen (secondary N) is 1. The van der Waals surface area contributed by atoms with Crippen LogP contribution in [0.2, 0.25) is 5.02 Å². The molecule has 0 spiro atoms. The maximum Gasteiger partial charge on any atom is 0.238 e. The predicted molar refractivity (Wildman–Crippen MR) is 88.5 cm³/mol. The van der Waals surface area contributed by atoms with Gasteiger partial charge in [0.2, 0.25) is 5.91 Å². The van der Waals surface area contributed by atoms with E-state index in [1.165, 1.54) is 0 Å². The van der Waals surface area contributed by atoms with Crippen molar-refractivity contribution in [2.45, 2.75) is 27.2 Å². The lowest BCUT2D eigenvalue weighted by Crippen LogP contribution is -2.33. The van der Waals surface area contributed by atoms with Gasteiger partial charge in [0.25, 0.3) is 0 Å². The highest BCUT2D eigenvalue weighted by Gasteiger charge is 2.32. The molecule has 5 heteroatoms. The summed E-state index contributed by atoms with van der Waals surface area (Å²) in [6, 6.07) is 5.14. The van der Waals surface area contributed by atoms with Crippen LogP contribution in [0.3, 0.4) is 0 Å². The van der Waals surface area contributed by atoms with Gasteiger partial charge < -0.3 is 11.1 Å². The normalized spacial score (nSPS) is 19.7. The van der Waals surface area contributed by atoms with Gasteiger partial charge in [0, 0.05) is 12.2 Å². The first kappa shape index (κ1) is 16.1. The first-order chi connectivity index (χ1) is 9.75. The summed E-state index contributed by atoms with van der Waals surface area (Å²) in [6.07, 6.45) is 1.16. The Morgan fingerprint density at radius 1 is 1.48 bits per heavy atom. The monoisotopic (exact) mass is 309 g/mol. The minimum Gasteiger partial charge on any atom is -0.397 e. The molecule has 0 bridgehead atoms. The molecule has 3 N–H and O–H groups in total. The van der Waals surface area contributed by atoms with E-state index in [0.717, 1.165) is 19.5 Å². The summed E-state index contributed by atoms with van der Waals surface area (Å²) in [5.41, 5.74) is 7.20. The van der Waals surface area contributed by atoms with Crippen molar-refractivity contribution in [2.75, 3.05) is 30.7 Å². The molecule has 1 aromatic rings. The van der Waals surface area contributed by atoms with Crippen LogP contribution in [0.4, 0.5) is 11.4 Å². The Bertz CT molecular complexity index is 525. The van der Waals surface area contributed by atoms with Crippen molar-refractivity contribution in [3.8, 4) is 0 Å². The van der Waals surface area contributed by atoms with Gasteiger partial charge in [-0.1, -0.05) is 32.4 Å². The van der Waals surface area contributed by atoms with Gasteiger partial charge in [0.05, 0.1) is 17.3 Å². The van der Waals surface area contributed by atoms with Crippen molar-refractivity contribution in [1.82, 2.24) is 4.90 Å². The minimum atomic E-state index is -0.00807. The number of anilines is 2. The SMILES string of the molecule is CC(C)(C)C1CCN(CC(=O)Nc2ccc(Cl)c(N)c2)C1. The number of rotatable bonds is 3. The molecular formula is C16H24ClN3O. The first-order valence-electron chi connectivity index (χ1n) is 7.33. The van der Waals surface area contributed by atoms with Crippen molar-refractivity contribution >= 4 is 28.9 Å². The fourth-order valence-electron chi connectivity index (χ4n) is 2.71. The lowest BCUT2D eigenvalue weighted by atomic mass is 9.80. The molecule has 0 saturated carbocycles. The van der Waals surface area contributed by atoms with E-state index in [1.54, 1.807) is 18.2 Å². The van der Waals surface area contributed by atoms with Gasteiger partial charge >= 0.3 is 0 Å². The maximum absolute atomic E-state index is 12.1. The zero-order valence-electron chi connectivity index (χ0n) is 12.9. The van der Waals surface area contributed by atoms with Crippen LogP contribution in [-0.2, 0) is 4.79 Å². The number of carbonyl (C=O) groups is 1. The molecule has 1 aliphatic heterocycles. The van der Waals surface area contributed by atoms with E-state index < -0.39 is 0 Å². The van der Waals surface area contributed by atoms with Crippen molar-refractivity contribution in [3.05, 3.63) is 23.2 Å². The Hall–Kier alpha value is -1.26. The third kappa shape index (κ3) is 4.35. The van der Waals surface area contributed by atoms with Gasteiger partial charge in [0.15, 0.2) is 0 Å². The highest BCUT2D eigenvalue weighted by atomic mass is 35.5. The second kappa shape index (κ2) is 6.24. The zero-order valence-corrected chi connectivity index (χ0v) is 13.7. The Morgan fingerprint density at radius 3 is 2.76 bits per heavy atom. The molecule has 1 aromatic carbocycles. The van der Waals surface area contributed by atoms with Crippen molar-refractivity contribution in [1.29, 1.82) is 0 Å². The summed E-state index contributed by atoms with van der Waals surface area (Å²) in [6.45, 7) is 9.18. The number of amides is 1. The van der Waals surface area contributed by atoms with Crippen molar-refractivity contribution < 1.29 is 4.79 Å². The molecule has 1 aliphatic rings. The number of hydrogen-bond acceptors (Lipinski definition) is 3. The second-order valence-electron chi connectivity index (χ2n) is 6.87. The second-order valence-corrected chi connectivity index (χ2v) is 7.28. The van der Waals surface area contributed by atoms with Crippen molar-refractivity contribution in [2.24, 2.45) is 11.3 Å². The largest absolute Gasteiger partial charge is 0.397 e. The molecule has 1 saturated heterocycles. The molecule has 0 aromatic heterocycles. The van der Waals surface area contributed by atoms with Gasteiger partial charge in [-0.2, -0.15) is 0 Å². The summed E-state index contributed by atoms with van der Waals surface area (Å²) in [4.78, 5) is 14.3. The molecule has 4 nitrogen and oxygen atoms in total. The summed E-state index contributed by atoms with van der Waals surface area (Å²) in [7, 11) is 0. The van der Waals surface area contributed by atoms with E-state index in [0.29, 0.717) is 34.3 Å². The number of carbonyl (C=O) groups excluding carboxylic acids is 1. The number of nitrogens with zero attached hydrogens (tertiary/aromatic N) is 1. The van der Waals surface area contributed by atoms with Gasteiger partial charge in [0.1, 0.15) is 0 Å². The van der Waals surface area contributed by atoms with E-state index >= 15 is 0 Å². The van der Waals surface area contributed by atoms with Crippen LogP contribution in [0.25, 0.3) is 0 Å². The van der Waals surface area contributed by atoms with Crippen LogP contribution in [0, 0.1) is 11.3 Å². The van der Waals surface area contributed by atoms with E-state index in [2.05, 4.69) is 31.0 Å².